The number of carbonyl (C=O) groups is 1. The second-order valence-corrected chi connectivity index (χ2v) is 5.94. The van der Waals surface area contributed by atoms with Gasteiger partial charge >= 0.3 is 5.97 Å². The highest BCUT2D eigenvalue weighted by molar-refractivity contribution is 5.69. The number of hydrogen-bond acceptors (Lipinski definition) is 3. The third kappa shape index (κ3) is 6.08. The summed E-state index contributed by atoms with van der Waals surface area (Å²) in [5.74, 6) is 0.754. The molecule has 0 spiro atoms. The van der Waals surface area contributed by atoms with E-state index >= 15 is 0 Å². The van der Waals surface area contributed by atoms with Gasteiger partial charge in [0.25, 0.3) is 0 Å². The molecule has 3 heteroatoms. The summed E-state index contributed by atoms with van der Waals surface area (Å²) in [6.07, 6.45) is 10.3. The second-order valence-electron chi connectivity index (χ2n) is 5.94. The molecule has 1 saturated heterocycles. The van der Waals surface area contributed by atoms with Crippen molar-refractivity contribution in [3.63, 3.8) is 0 Å². The number of carbonyl (C=O) groups excluding carboxylic acids is 1. The van der Waals surface area contributed by atoms with E-state index < -0.39 is 0 Å². The van der Waals surface area contributed by atoms with Gasteiger partial charge in [-0.2, -0.15) is 0 Å². The van der Waals surface area contributed by atoms with Crippen molar-refractivity contribution in [2.45, 2.75) is 51.9 Å². The highest BCUT2D eigenvalue weighted by atomic mass is 16.5. The normalized spacial score (nSPS) is 23.5. The SMILES string of the molecule is C=C[C@H]1CN(CCCCCCC)CC[C@@H]1CC(=O)OC. The minimum absolute atomic E-state index is 0.0881. The van der Waals surface area contributed by atoms with Crippen molar-refractivity contribution >= 4 is 5.97 Å². The van der Waals surface area contributed by atoms with Crippen LogP contribution in [0.15, 0.2) is 12.7 Å². The molecular weight excluding hydrogens is 250 g/mol. The molecule has 0 unspecified atom stereocenters. The van der Waals surface area contributed by atoms with Crippen LogP contribution in [0.5, 0.6) is 0 Å². The molecule has 0 radical (unpaired) electrons. The number of methoxy groups -OCH3 is 1. The van der Waals surface area contributed by atoms with Crippen molar-refractivity contribution in [2.75, 3.05) is 26.7 Å². The summed E-state index contributed by atoms with van der Waals surface area (Å²) < 4.78 is 4.79. The first-order valence-corrected chi connectivity index (χ1v) is 8.13. The predicted octanol–water partition coefficient (Wildman–Crippen LogP) is 3.64. The number of unbranched alkanes of at least 4 members (excludes halogenated alkanes) is 4. The van der Waals surface area contributed by atoms with Crippen molar-refractivity contribution < 1.29 is 9.53 Å². The molecule has 3 nitrogen and oxygen atoms in total. The van der Waals surface area contributed by atoms with Crippen molar-refractivity contribution in [1.29, 1.82) is 0 Å². The smallest absolute Gasteiger partial charge is 0.305 e. The average Bonchev–Trinajstić information content (AvgIpc) is 2.48. The van der Waals surface area contributed by atoms with Crippen molar-refractivity contribution in [1.82, 2.24) is 4.90 Å². The molecule has 1 fully saturated rings. The summed E-state index contributed by atoms with van der Waals surface area (Å²) >= 11 is 0. The molecule has 0 amide bonds. The number of likely N-dealkylation sites (tertiary alicyclic amines) is 1. The molecule has 1 rings (SSSR count). The first-order valence-electron chi connectivity index (χ1n) is 8.13. The molecule has 0 aliphatic carbocycles. The van der Waals surface area contributed by atoms with Crippen LogP contribution in [0.2, 0.25) is 0 Å². The minimum Gasteiger partial charge on any atom is -0.469 e. The van der Waals surface area contributed by atoms with Gasteiger partial charge in [0.2, 0.25) is 0 Å². The van der Waals surface area contributed by atoms with Gasteiger partial charge in [0.05, 0.1) is 7.11 Å². The van der Waals surface area contributed by atoms with Crippen LogP contribution >= 0.6 is 0 Å². The van der Waals surface area contributed by atoms with E-state index in [0.717, 1.165) is 19.5 Å². The lowest BCUT2D eigenvalue weighted by atomic mass is 9.83. The number of nitrogens with zero attached hydrogens (tertiary/aromatic N) is 1. The fourth-order valence-corrected chi connectivity index (χ4v) is 3.06. The van der Waals surface area contributed by atoms with Gasteiger partial charge in [0.15, 0.2) is 0 Å². The topological polar surface area (TPSA) is 29.5 Å². The molecule has 0 bridgehead atoms. The fourth-order valence-electron chi connectivity index (χ4n) is 3.06. The van der Waals surface area contributed by atoms with Gasteiger partial charge in [-0.05, 0) is 37.8 Å². The molecule has 0 aromatic carbocycles. The molecule has 116 valence electrons. The molecule has 2 atom stereocenters. The van der Waals surface area contributed by atoms with Gasteiger partial charge in [-0.25, -0.2) is 0 Å². The largest absolute Gasteiger partial charge is 0.469 e. The molecule has 20 heavy (non-hydrogen) atoms. The highest BCUT2D eigenvalue weighted by Crippen LogP contribution is 2.28. The van der Waals surface area contributed by atoms with Crippen molar-refractivity contribution in [3.8, 4) is 0 Å². The Morgan fingerprint density at radius 1 is 1.35 bits per heavy atom. The monoisotopic (exact) mass is 281 g/mol. The first-order chi connectivity index (χ1) is 9.71. The van der Waals surface area contributed by atoms with Gasteiger partial charge < -0.3 is 9.64 Å². The number of piperidine rings is 1. The lowest BCUT2D eigenvalue weighted by Gasteiger charge is -2.37. The maximum absolute atomic E-state index is 11.4. The van der Waals surface area contributed by atoms with Gasteiger partial charge in [0.1, 0.15) is 0 Å². The molecule has 1 heterocycles. The molecule has 0 aromatic heterocycles. The summed E-state index contributed by atoms with van der Waals surface area (Å²) in [6.45, 7) is 9.55. The summed E-state index contributed by atoms with van der Waals surface area (Å²) in [7, 11) is 1.47. The Morgan fingerprint density at radius 2 is 2.10 bits per heavy atom. The minimum atomic E-state index is -0.0881. The predicted molar refractivity (Wildman–Crippen MR) is 83.6 cm³/mol. The molecular formula is C17H31NO2. The Morgan fingerprint density at radius 3 is 2.75 bits per heavy atom. The number of ether oxygens (including phenoxy) is 1. The maximum atomic E-state index is 11.4. The Bertz CT molecular complexity index is 291. The van der Waals surface area contributed by atoms with E-state index in [1.807, 2.05) is 6.08 Å². The third-order valence-electron chi connectivity index (χ3n) is 4.43. The molecule has 0 N–H and O–H groups in total. The maximum Gasteiger partial charge on any atom is 0.305 e. The fraction of sp³-hybridized carbons (Fsp3) is 0.824. The van der Waals surface area contributed by atoms with Crippen LogP contribution in [0.25, 0.3) is 0 Å². The van der Waals surface area contributed by atoms with Crippen molar-refractivity contribution in [2.24, 2.45) is 11.8 Å². The second kappa shape index (κ2) is 9.98. The van der Waals surface area contributed by atoms with Crippen LogP contribution in [-0.2, 0) is 9.53 Å². The molecule has 1 aliphatic heterocycles. The van der Waals surface area contributed by atoms with E-state index in [1.165, 1.54) is 45.8 Å². The van der Waals surface area contributed by atoms with E-state index in [9.17, 15) is 4.79 Å². The summed E-state index contributed by atoms with van der Waals surface area (Å²) in [5.41, 5.74) is 0. The molecule has 0 aromatic rings. The van der Waals surface area contributed by atoms with Crippen LogP contribution in [0.1, 0.15) is 51.9 Å². The van der Waals surface area contributed by atoms with E-state index in [4.69, 9.17) is 4.74 Å². The van der Waals surface area contributed by atoms with Gasteiger partial charge in [-0.1, -0.05) is 38.7 Å². The molecule has 1 aliphatic rings. The van der Waals surface area contributed by atoms with Crippen LogP contribution in [-0.4, -0.2) is 37.6 Å². The van der Waals surface area contributed by atoms with E-state index in [0.29, 0.717) is 18.3 Å². The van der Waals surface area contributed by atoms with Gasteiger partial charge in [-0.3, -0.25) is 4.79 Å². The van der Waals surface area contributed by atoms with E-state index in [-0.39, 0.29) is 5.97 Å². The summed E-state index contributed by atoms with van der Waals surface area (Å²) in [6, 6.07) is 0. The molecule has 0 saturated carbocycles. The van der Waals surface area contributed by atoms with Crippen LogP contribution in [0.3, 0.4) is 0 Å². The van der Waals surface area contributed by atoms with E-state index in [2.05, 4.69) is 18.4 Å². The van der Waals surface area contributed by atoms with E-state index in [1.54, 1.807) is 0 Å². The summed E-state index contributed by atoms with van der Waals surface area (Å²) in [4.78, 5) is 14.0. The lowest BCUT2D eigenvalue weighted by molar-refractivity contribution is -0.142. The zero-order valence-electron chi connectivity index (χ0n) is 13.3. The van der Waals surface area contributed by atoms with Crippen LogP contribution < -0.4 is 0 Å². The Hall–Kier alpha value is -0.830. The average molecular weight is 281 g/mol. The Balaban J connectivity index is 2.27. The third-order valence-corrected chi connectivity index (χ3v) is 4.43. The van der Waals surface area contributed by atoms with Crippen LogP contribution in [0.4, 0.5) is 0 Å². The number of rotatable bonds is 9. The zero-order valence-corrected chi connectivity index (χ0v) is 13.3. The highest BCUT2D eigenvalue weighted by Gasteiger charge is 2.28. The zero-order chi connectivity index (χ0) is 14.8. The van der Waals surface area contributed by atoms with Gasteiger partial charge in [-0.15, -0.1) is 6.58 Å². The van der Waals surface area contributed by atoms with Crippen LogP contribution in [0, 0.1) is 11.8 Å². The lowest BCUT2D eigenvalue weighted by Crippen LogP contribution is -2.40. The Labute approximate surface area is 124 Å². The number of hydrogen-bond donors (Lipinski definition) is 0. The first kappa shape index (κ1) is 17.2. The quantitative estimate of drug-likeness (QED) is 0.367. The summed E-state index contributed by atoms with van der Waals surface area (Å²) in [5, 5.41) is 0. The standard InChI is InChI=1S/C17H31NO2/c1-4-6-7-8-9-11-18-12-10-16(13-17(19)20-3)15(5-2)14-18/h5,15-16H,2,4,6-14H2,1,3H3/t15-,16+/m0/s1. The number of esters is 1. The van der Waals surface area contributed by atoms with Crippen molar-refractivity contribution in [3.05, 3.63) is 12.7 Å². The van der Waals surface area contributed by atoms with Gasteiger partial charge in [0, 0.05) is 13.0 Å². The Kier molecular flexibility index (Phi) is 8.59.